The minimum atomic E-state index is -4.09. The Bertz CT molecular complexity index is 2080. The highest BCUT2D eigenvalue weighted by Crippen LogP contribution is 2.47. The van der Waals surface area contributed by atoms with Gasteiger partial charge >= 0.3 is 5.97 Å². The van der Waals surface area contributed by atoms with Crippen LogP contribution < -0.4 is 0 Å². The summed E-state index contributed by atoms with van der Waals surface area (Å²) < 4.78 is 44.0. The Kier molecular flexibility index (Phi) is 11.1. The monoisotopic (exact) mass is 809 g/mol. The fourth-order valence-corrected chi connectivity index (χ4v) is 9.70. The van der Waals surface area contributed by atoms with Gasteiger partial charge in [0.05, 0.1) is 16.4 Å². The van der Waals surface area contributed by atoms with Crippen LogP contribution in [0.5, 0.6) is 0 Å². The van der Waals surface area contributed by atoms with Crippen LogP contribution in [0.3, 0.4) is 0 Å². The van der Waals surface area contributed by atoms with E-state index in [9.17, 15) is 23.3 Å². The molecule has 0 spiro atoms. The fourth-order valence-electron chi connectivity index (χ4n) is 7.96. The van der Waals surface area contributed by atoms with Crippen LogP contribution in [0.15, 0.2) is 149 Å². The summed E-state index contributed by atoms with van der Waals surface area (Å²) in [6.45, 7) is 2.28. The molecule has 0 aliphatic carbocycles. The number of hydrogen-bond donors (Lipinski definition) is 0. The highest BCUT2D eigenvalue weighted by atomic mass is 79.9. The van der Waals surface area contributed by atoms with E-state index in [1.807, 2.05) is 66.7 Å². The van der Waals surface area contributed by atoms with Crippen LogP contribution in [0.25, 0.3) is 0 Å². The van der Waals surface area contributed by atoms with E-state index in [0.29, 0.717) is 6.54 Å². The van der Waals surface area contributed by atoms with Crippen LogP contribution >= 0.6 is 15.9 Å². The molecule has 2 fully saturated rings. The van der Waals surface area contributed by atoms with Crippen molar-refractivity contribution in [1.29, 1.82) is 0 Å². The number of ether oxygens (including phenoxy) is 2. The number of carbonyl (C=O) groups is 1. The maximum absolute atomic E-state index is 14.2. The highest BCUT2D eigenvalue weighted by Gasteiger charge is 2.53. The van der Waals surface area contributed by atoms with Crippen molar-refractivity contribution in [1.82, 2.24) is 9.21 Å². The van der Waals surface area contributed by atoms with E-state index in [1.165, 1.54) is 35.5 Å². The lowest BCUT2D eigenvalue weighted by molar-refractivity contribution is -0.384. The third kappa shape index (κ3) is 7.49. The molecule has 0 bridgehead atoms. The number of nitro benzene ring substituents is 1. The molecule has 10 nitrogen and oxygen atoms in total. The smallest absolute Gasteiger partial charge is 0.302 e. The van der Waals surface area contributed by atoms with Crippen LogP contribution in [0.4, 0.5) is 5.69 Å². The van der Waals surface area contributed by atoms with Gasteiger partial charge in [-0.3, -0.25) is 19.8 Å². The first-order valence-electron chi connectivity index (χ1n) is 17.8. The third-order valence-corrected chi connectivity index (χ3v) is 12.9. The topological polar surface area (TPSA) is 119 Å². The summed E-state index contributed by atoms with van der Waals surface area (Å²) in [6, 6.07) is 42.9. The van der Waals surface area contributed by atoms with E-state index >= 15 is 0 Å². The first kappa shape index (κ1) is 37.6. The van der Waals surface area contributed by atoms with E-state index in [4.69, 9.17) is 9.47 Å². The predicted octanol–water partition coefficient (Wildman–Crippen LogP) is 7.53. The fraction of sp³-hybridized carbons (Fsp3) is 0.262. The Labute approximate surface area is 323 Å². The summed E-state index contributed by atoms with van der Waals surface area (Å²) in [5, 5.41) is 11.3. The van der Waals surface area contributed by atoms with Gasteiger partial charge in [-0.25, -0.2) is 8.42 Å². The zero-order chi connectivity index (χ0) is 37.9. The van der Waals surface area contributed by atoms with Crippen LogP contribution in [-0.4, -0.2) is 72.9 Å². The van der Waals surface area contributed by atoms with Crippen molar-refractivity contribution in [2.24, 2.45) is 0 Å². The average molecular weight is 811 g/mol. The predicted molar refractivity (Wildman–Crippen MR) is 208 cm³/mol. The molecular weight excluding hydrogens is 770 g/mol. The number of rotatable bonds is 11. The van der Waals surface area contributed by atoms with Gasteiger partial charge in [0.25, 0.3) is 5.69 Å². The molecule has 0 saturated carbocycles. The maximum atomic E-state index is 14.2. The standard InChI is InChI=1S/C42H40BrN3O7S/c1-30(47)53-37-25-26-44(54(50,51)38-23-21-36(22-24-38)46(48)49)28-39-41(31-17-19-35(43)20-18-31)40(45(39)27-37)29-52-42(32-11-5-2-6-12-32,33-13-7-3-8-14-33)34-15-9-4-10-16-34/h2-24,37,39-41H,25-29H2,1H3. The second-order valence-corrected chi connectivity index (χ2v) is 16.5. The summed E-state index contributed by atoms with van der Waals surface area (Å²) in [5.74, 6) is -0.611. The third-order valence-electron chi connectivity index (χ3n) is 10.5. The lowest BCUT2D eigenvalue weighted by Crippen LogP contribution is -2.70. The summed E-state index contributed by atoms with van der Waals surface area (Å²) in [5.41, 5.74) is 2.73. The molecule has 5 aromatic rings. The number of carbonyl (C=O) groups excluding carboxylic acids is 1. The minimum absolute atomic E-state index is 0.0398. The highest BCUT2D eigenvalue weighted by molar-refractivity contribution is 9.10. The molecule has 7 rings (SSSR count). The van der Waals surface area contributed by atoms with E-state index in [2.05, 4.69) is 69.4 Å². The molecule has 2 heterocycles. The molecule has 4 atom stereocenters. The zero-order valence-corrected chi connectivity index (χ0v) is 32.0. The van der Waals surface area contributed by atoms with Crippen LogP contribution in [0, 0.1) is 10.1 Å². The number of esters is 1. The van der Waals surface area contributed by atoms with Crippen molar-refractivity contribution in [2.75, 3.05) is 26.2 Å². The Balaban J connectivity index is 1.30. The van der Waals surface area contributed by atoms with E-state index < -0.39 is 32.6 Å². The van der Waals surface area contributed by atoms with Gasteiger partial charge in [0.15, 0.2) is 0 Å². The number of halogens is 1. The van der Waals surface area contributed by atoms with Crippen LogP contribution in [-0.2, 0) is 29.9 Å². The average Bonchev–Trinajstić information content (AvgIpc) is 3.18. The van der Waals surface area contributed by atoms with Crippen molar-refractivity contribution in [2.45, 2.75) is 47.9 Å². The van der Waals surface area contributed by atoms with Gasteiger partial charge in [0.2, 0.25) is 10.0 Å². The summed E-state index contributed by atoms with van der Waals surface area (Å²) in [6.07, 6.45) is -0.316. The van der Waals surface area contributed by atoms with Gasteiger partial charge in [-0.05, 0) is 52.9 Å². The summed E-state index contributed by atoms with van der Waals surface area (Å²) in [7, 11) is -4.09. The van der Waals surface area contributed by atoms with Crippen molar-refractivity contribution >= 4 is 37.6 Å². The van der Waals surface area contributed by atoms with Gasteiger partial charge in [0, 0.05) is 61.2 Å². The van der Waals surface area contributed by atoms with Crippen LogP contribution in [0.2, 0.25) is 0 Å². The first-order valence-corrected chi connectivity index (χ1v) is 20.0. The van der Waals surface area contributed by atoms with Crippen molar-refractivity contribution < 1.29 is 27.6 Å². The number of benzene rings is 5. The quantitative estimate of drug-likeness (QED) is 0.0582. The Hall–Kier alpha value is -4.72. The summed E-state index contributed by atoms with van der Waals surface area (Å²) in [4.78, 5) is 25.3. The number of hydrogen-bond acceptors (Lipinski definition) is 8. The molecule has 0 N–H and O–H groups in total. The van der Waals surface area contributed by atoms with E-state index in [0.717, 1.165) is 26.7 Å². The van der Waals surface area contributed by atoms with Crippen molar-refractivity contribution in [3.8, 4) is 0 Å². The van der Waals surface area contributed by atoms with Crippen molar-refractivity contribution in [3.05, 3.63) is 176 Å². The molecule has 5 aromatic carbocycles. The second kappa shape index (κ2) is 15.9. The minimum Gasteiger partial charge on any atom is -0.461 e. The Morgan fingerprint density at radius 1 is 0.815 bits per heavy atom. The number of fused-ring (bicyclic) bond motifs is 1. The Morgan fingerprint density at radius 2 is 1.35 bits per heavy atom. The number of non-ortho nitro benzene ring substituents is 1. The lowest BCUT2D eigenvalue weighted by Gasteiger charge is -2.58. The van der Waals surface area contributed by atoms with E-state index in [1.54, 1.807) is 0 Å². The number of nitro groups is 1. The van der Waals surface area contributed by atoms with Gasteiger partial charge in [-0.1, -0.05) is 119 Å². The normalized spacial score (nSPS) is 20.9. The largest absolute Gasteiger partial charge is 0.461 e. The van der Waals surface area contributed by atoms with Gasteiger partial charge in [0.1, 0.15) is 11.7 Å². The number of nitrogens with zero attached hydrogens (tertiary/aromatic N) is 3. The van der Waals surface area contributed by atoms with Gasteiger partial charge in [-0.2, -0.15) is 4.31 Å². The van der Waals surface area contributed by atoms with Crippen molar-refractivity contribution in [3.63, 3.8) is 0 Å². The molecule has 54 heavy (non-hydrogen) atoms. The second-order valence-electron chi connectivity index (χ2n) is 13.6. The maximum Gasteiger partial charge on any atom is 0.302 e. The van der Waals surface area contributed by atoms with E-state index in [-0.39, 0.29) is 54.7 Å². The van der Waals surface area contributed by atoms with Gasteiger partial charge < -0.3 is 9.47 Å². The first-order chi connectivity index (χ1) is 26.1. The molecule has 0 aromatic heterocycles. The lowest BCUT2D eigenvalue weighted by atomic mass is 9.74. The molecular formula is C42H40BrN3O7S. The molecule has 2 aliphatic rings. The Morgan fingerprint density at radius 3 is 1.85 bits per heavy atom. The summed E-state index contributed by atoms with van der Waals surface area (Å²) >= 11 is 3.57. The molecule has 2 saturated heterocycles. The molecule has 0 radical (unpaired) electrons. The zero-order valence-electron chi connectivity index (χ0n) is 29.6. The molecule has 0 amide bonds. The molecule has 12 heteroatoms. The van der Waals surface area contributed by atoms with Crippen LogP contribution in [0.1, 0.15) is 41.5 Å². The SMILES string of the molecule is CC(=O)OC1CCN(S(=O)(=O)c2ccc([N+](=O)[O-])cc2)CC2C(c3ccc(Br)cc3)C(COC(c3ccccc3)(c3ccccc3)c3ccccc3)N2C1. The van der Waals surface area contributed by atoms with Gasteiger partial charge in [-0.15, -0.1) is 0 Å². The number of sulfonamides is 1. The molecule has 2 aliphatic heterocycles. The molecule has 4 unspecified atom stereocenters. The molecule has 278 valence electrons.